The second kappa shape index (κ2) is 7.65. The maximum Gasteiger partial charge on any atom is 0.255 e. The number of phenolic OH excluding ortho intramolecular Hbond substituents is 1. The molecule has 0 saturated carbocycles. The van der Waals surface area contributed by atoms with Gasteiger partial charge in [-0.15, -0.1) is 0 Å². The van der Waals surface area contributed by atoms with Crippen LogP contribution in [0.4, 0.5) is 0 Å². The Kier molecular flexibility index (Phi) is 5.60. The molecule has 0 bridgehead atoms. The van der Waals surface area contributed by atoms with Crippen molar-refractivity contribution in [2.24, 2.45) is 0 Å². The monoisotopic (exact) mass is 315 g/mol. The van der Waals surface area contributed by atoms with Crippen molar-refractivity contribution in [2.45, 2.75) is 6.04 Å². The lowest BCUT2D eigenvalue weighted by Gasteiger charge is -2.22. The highest BCUT2D eigenvalue weighted by atomic mass is 16.5. The molecule has 1 atom stereocenters. The predicted octanol–water partition coefficient (Wildman–Crippen LogP) is 1.02. The van der Waals surface area contributed by atoms with Gasteiger partial charge in [-0.2, -0.15) is 0 Å². The summed E-state index contributed by atoms with van der Waals surface area (Å²) < 4.78 is 5.17. The number of nitrogens with one attached hydrogen (secondary N) is 2. The summed E-state index contributed by atoms with van der Waals surface area (Å²) in [4.78, 5) is 13.4. The Bertz CT molecular complexity index is 654. The lowest BCUT2D eigenvalue weighted by atomic mass is 10.1. The number of hydrogen-bond donors (Lipinski definition) is 3. The molecule has 5 heteroatoms. The van der Waals surface area contributed by atoms with Gasteiger partial charge in [-0.3, -0.25) is 4.79 Å². The Balaban J connectivity index is 2.08. The number of phenols is 1. The molecule has 1 amide bonds. The zero-order valence-corrected chi connectivity index (χ0v) is 13.7. The van der Waals surface area contributed by atoms with Gasteiger partial charge in [-0.25, -0.2) is 0 Å². The van der Waals surface area contributed by atoms with Crippen molar-refractivity contribution in [3.8, 4) is 11.5 Å². The summed E-state index contributed by atoms with van der Waals surface area (Å²) in [5.41, 5.74) is 1.40. The fourth-order valence-electron chi connectivity index (χ4n) is 2.45. The van der Waals surface area contributed by atoms with E-state index < -0.39 is 0 Å². The summed E-state index contributed by atoms with van der Waals surface area (Å²) in [6, 6.07) is 14.5. The number of aromatic hydroxyl groups is 1. The van der Waals surface area contributed by atoms with E-state index >= 15 is 0 Å². The molecule has 0 aliphatic heterocycles. The van der Waals surface area contributed by atoms with Crippen LogP contribution in [0.1, 0.15) is 22.0 Å². The van der Waals surface area contributed by atoms with Gasteiger partial charge in [-0.05, 0) is 36.4 Å². The number of methoxy groups -OCH3 is 1. The largest absolute Gasteiger partial charge is 0.507 e. The molecule has 0 spiro atoms. The number of rotatable bonds is 6. The molecular formula is C18H23N2O3+. The quantitative estimate of drug-likeness (QED) is 0.746. The lowest BCUT2D eigenvalue weighted by molar-refractivity contribution is -0.890. The third-order valence-electron chi connectivity index (χ3n) is 3.83. The molecular weight excluding hydrogens is 292 g/mol. The Morgan fingerprint density at radius 1 is 1.17 bits per heavy atom. The van der Waals surface area contributed by atoms with Crippen LogP contribution < -0.4 is 15.0 Å². The van der Waals surface area contributed by atoms with Crippen LogP contribution in [0.15, 0.2) is 48.5 Å². The van der Waals surface area contributed by atoms with Crippen LogP contribution in [0, 0.1) is 0 Å². The van der Waals surface area contributed by atoms with E-state index in [1.165, 1.54) is 11.0 Å². The molecule has 0 fully saturated rings. The second-order valence-corrected chi connectivity index (χ2v) is 5.63. The van der Waals surface area contributed by atoms with Crippen LogP contribution in [0.5, 0.6) is 11.5 Å². The fourth-order valence-corrected chi connectivity index (χ4v) is 2.45. The van der Waals surface area contributed by atoms with Gasteiger partial charge in [-0.1, -0.05) is 12.1 Å². The van der Waals surface area contributed by atoms with E-state index in [1.54, 1.807) is 25.3 Å². The van der Waals surface area contributed by atoms with Crippen LogP contribution in [0.3, 0.4) is 0 Å². The van der Waals surface area contributed by atoms with Gasteiger partial charge in [0.05, 0.1) is 33.3 Å². The van der Waals surface area contributed by atoms with Crippen LogP contribution in [-0.2, 0) is 0 Å². The minimum Gasteiger partial charge on any atom is -0.507 e. The van der Waals surface area contributed by atoms with E-state index in [1.807, 2.05) is 38.4 Å². The van der Waals surface area contributed by atoms with E-state index in [4.69, 9.17) is 4.74 Å². The molecule has 2 aromatic carbocycles. The molecule has 0 unspecified atom stereocenters. The summed E-state index contributed by atoms with van der Waals surface area (Å²) in [6.07, 6.45) is 0. The van der Waals surface area contributed by atoms with Gasteiger partial charge in [0, 0.05) is 5.56 Å². The van der Waals surface area contributed by atoms with Crippen molar-refractivity contribution >= 4 is 5.91 Å². The van der Waals surface area contributed by atoms with E-state index in [9.17, 15) is 9.90 Å². The number of likely N-dealkylation sites (N-methyl/N-ethyl adjacent to an activating group) is 1. The molecule has 5 nitrogen and oxygen atoms in total. The summed E-state index contributed by atoms with van der Waals surface area (Å²) in [5, 5.41) is 12.6. The smallest absolute Gasteiger partial charge is 0.255 e. The predicted molar refractivity (Wildman–Crippen MR) is 89.0 cm³/mol. The Morgan fingerprint density at radius 3 is 2.39 bits per heavy atom. The molecule has 0 saturated heterocycles. The number of amides is 1. The van der Waals surface area contributed by atoms with Crippen molar-refractivity contribution in [2.75, 3.05) is 27.7 Å². The molecule has 0 heterocycles. The second-order valence-electron chi connectivity index (χ2n) is 5.63. The normalized spacial score (nSPS) is 12.0. The van der Waals surface area contributed by atoms with Crippen molar-refractivity contribution in [1.29, 1.82) is 0 Å². The minimum absolute atomic E-state index is 0.0109. The van der Waals surface area contributed by atoms with Crippen LogP contribution in [0.2, 0.25) is 0 Å². The number of carbonyl (C=O) groups excluding carboxylic acids is 1. The first-order valence-corrected chi connectivity index (χ1v) is 7.53. The van der Waals surface area contributed by atoms with Crippen molar-refractivity contribution in [1.82, 2.24) is 5.32 Å². The average Bonchev–Trinajstić information content (AvgIpc) is 2.55. The highest BCUT2D eigenvalue weighted by molar-refractivity contribution is 5.96. The molecule has 0 radical (unpaired) electrons. The maximum atomic E-state index is 12.2. The molecule has 2 rings (SSSR count). The molecule has 2 aromatic rings. The zero-order valence-electron chi connectivity index (χ0n) is 13.7. The van der Waals surface area contributed by atoms with Gasteiger partial charge in [0.1, 0.15) is 17.5 Å². The van der Waals surface area contributed by atoms with Gasteiger partial charge in [0.25, 0.3) is 5.91 Å². The third-order valence-corrected chi connectivity index (χ3v) is 3.83. The van der Waals surface area contributed by atoms with E-state index in [0.717, 1.165) is 11.3 Å². The van der Waals surface area contributed by atoms with E-state index in [-0.39, 0.29) is 23.3 Å². The van der Waals surface area contributed by atoms with Gasteiger partial charge >= 0.3 is 0 Å². The SMILES string of the molecule is COc1ccc([C@@H](CNC(=O)c2ccccc2O)[NH+](C)C)cc1. The molecule has 122 valence electrons. The fraction of sp³-hybridized carbons (Fsp3) is 0.278. The van der Waals surface area contributed by atoms with Crippen LogP contribution >= 0.6 is 0 Å². The van der Waals surface area contributed by atoms with Crippen LogP contribution in [-0.4, -0.2) is 38.8 Å². The Labute approximate surface area is 136 Å². The molecule has 0 aliphatic rings. The molecule has 23 heavy (non-hydrogen) atoms. The summed E-state index contributed by atoms with van der Waals surface area (Å²) >= 11 is 0. The lowest BCUT2D eigenvalue weighted by Crippen LogP contribution is -3.07. The number of benzene rings is 2. The van der Waals surface area contributed by atoms with E-state index in [0.29, 0.717) is 6.54 Å². The topological polar surface area (TPSA) is 63.0 Å². The number of carbonyl (C=O) groups is 1. The zero-order chi connectivity index (χ0) is 16.8. The van der Waals surface area contributed by atoms with Crippen molar-refractivity contribution < 1.29 is 19.5 Å². The summed E-state index contributed by atoms with van der Waals surface area (Å²) in [5.74, 6) is 0.519. The van der Waals surface area contributed by atoms with Crippen molar-refractivity contribution in [3.63, 3.8) is 0 Å². The van der Waals surface area contributed by atoms with Gasteiger partial charge in [0.15, 0.2) is 0 Å². The molecule has 0 aliphatic carbocycles. The summed E-state index contributed by atoms with van der Waals surface area (Å²) in [7, 11) is 5.72. The first-order valence-electron chi connectivity index (χ1n) is 7.53. The highest BCUT2D eigenvalue weighted by Gasteiger charge is 2.20. The molecule has 0 aromatic heterocycles. The average molecular weight is 315 g/mol. The van der Waals surface area contributed by atoms with E-state index in [2.05, 4.69) is 5.32 Å². The van der Waals surface area contributed by atoms with Crippen molar-refractivity contribution in [3.05, 3.63) is 59.7 Å². The van der Waals surface area contributed by atoms with Crippen LogP contribution in [0.25, 0.3) is 0 Å². The van der Waals surface area contributed by atoms with Gasteiger partial charge in [0.2, 0.25) is 0 Å². The highest BCUT2D eigenvalue weighted by Crippen LogP contribution is 2.17. The standard InChI is InChI=1S/C18H22N2O3/c1-20(2)16(13-8-10-14(23-3)11-9-13)12-19-18(22)15-6-4-5-7-17(15)21/h4-11,16,21H,12H2,1-3H3,(H,19,22)/p+1/t16-/m1/s1. The maximum absolute atomic E-state index is 12.2. The number of para-hydroxylation sites is 1. The number of ether oxygens (including phenoxy) is 1. The minimum atomic E-state index is -0.275. The first kappa shape index (κ1) is 16.8. The summed E-state index contributed by atoms with van der Waals surface area (Å²) in [6.45, 7) is 0.474. The molecule has 3 N–H and O–H groups in total. The Morgan fingerprint density at radius 2 is 1.83 bits per heavy atom. The number of quaternary nitrogens is 1. The third kappa shape index (κ3) is 4.23. The van der Waals surface area contributed by atoms with Gasteiger partial charge < -0.3 is 20.1 Å². The Hall–Kier alpha value is -2.53. The first-order chi connectivity index (χ1) is 11.0. The number of hydrogen-bond acceptors (Lipinski definition) is 3.